The lowest BCUT2D eigenvalue weighted by atomic mass is 9.73. The Morgan fingerprint density at radius 3 is 2.21 bits per heavy atom. The van der Waals surface area contributed by atoms with Crippen LogP contribution in [0.3, 0.4) is 0 Å². The standard InChI is InChI=1S/C25H36F3N3.C7H14/c1-5-9-19(4)29-23(18(2)3)30-20-10-11-22(21(16-20)25(26,27)28)31-15-14-24(17-31)12-7-6-8-13-24;1-7-5-3-2-4-6-7/h10-11,16,30H,5-9,12-15,17H2,1-4H3;7H,2-6H2,1H3/b29-19-;. The van der Waals surface area contributed by atoms with Gasteiger partial charge in [-0.25, -0.2) is 4.99 Å². The van der Waals surface area contributed by atoms with Crippen molar-refractivity contribution in [2.24, 2.45) is 16.3 Å². The molecule has 1 heterocycles. The fourth-order valence-electron chi connectivity index (χ4n) is 6.28. The van der Waals surface area contributed by atoms with Crippen LogP contribution in [-0.4, -0.2) is 18.8 Å². The first-order chi connectivity index (χ1) is 18.0. The molecule has 1 N–H and O–H groups in total. The summed E-state index contributed by atoms with van der Waals surface area (Å²) in [4.78, 5) is 6.56. The Morgan fingerprint density at radius 1 is 1.00 bits per heavy atom. The molecule has 1 aliphatic heterocycles. The van der Waals surface area contributed by atoms with E-state index in [1.54, 1.807) is 12.1 Å². The molecular formula is C32H50F3N3. The van der Waals surface area contributed by atoms with Crippen molar-refractivity contribution in [1.82, 2.24) is 0 Å². The second-order valence-electron chi connectivity index (χ2n) is 12.3. The Morgan fingerprint density at radius 2 is 1.66 bits per heavy atom. The van der Waals surface area contributed by atoms with Crippen LogP contribution < -0.4 is 10.2 Å². The van der Waals surface area contributed by atoms with Crippen molar-refractivity contribution >= 4 is 17.1 Å². The maximum atomic E-state index is 14.0. The highest BCUT2D eigenvalue weighted by Crippen LogP contribution is 2.47. The highest BCUT2D eigenvalue weighted by molar-refractivity contribution is 5.83. The van der Waals surface area contributed by atoms with E-state index in [1.165, 1.54) is 57.4 Å². The fourth-order valence-corrected chi connectivity index (χ4v) is 6.28. The molecule has 3 fully saturated rings. The van der Waals surface area contributed by atoms with E-state index in [0.717, 1.165) is 55.9 Å². The number of halogens is 3. The molecule has 0 atom stereocenters. The molecule has 38 heavy (non-hydrogen) atoms. The smallest absolute Gasteiger partial charge is 0.370 e. The van der Waals surface area contributed by atoms with Gasteiger partial charge < -0.3 is 10.2 Å². The average molecular weight is 534 g/mol. The van der Waals surface area contributed by atoms with Crippen LogP contribution in [0.2, 0.25) is 0 Å². The molecule has 0 unspecified atom stereocenters. The number of anilines is 2. The van der Waals surface area contributed by atoms with Crippen molar-refractivity contribution in [3.63, 3.8) is 0 Å². The number of nitrogens with one attached hydrogen (secondary N) is 1. The van der Waals surface area contributed by atoms with Crippen molar-refractivity contribution in [2.45, 2.75) is 124 Å². The summed E-state index contributed by atoms with van der Waals surface area (Å²) in [6.45, 7) is 11.7. The summed E-state index contributed by atoms with van der Waals surface area (Å²) in [5.74, 6) is 1.66. The molecule has 2 saturated carbocycles. The Hall–Kier alpha value is -1.98. The molecule has 3 nitrogen and oxygen atoms in total. The lowest BCUT2D eigenvalue weighted by molar-refractivity contribution is -0.137. The molecule has 1 saturated heterocycles. The highest BCUT2D eigenvalue weighted by Gasteiger charge is 2.42. The van der Waals surface area contributed by atoms with Crippen LogP contribution in [0.15, 0.2) is 34.6 Å². The normalized spacial score (nSPS) is 20.2. The average Bonchev–Trinajstić information content (AvgIpc) is 3.27. The van der Waals surface area contributed by atoms with Crippen LogP contribution in [-0.2, 0) is 6.18 Å². The number of allylic oxidation sites excluding steroid dienone is 1. The number of aliphatic imine (C=N–C) groups is 1. The monoisotopic (exact) mass is 533 g/mol. The van der Waals surface area contributed by atoms with Gasteiger partial charge in [-0.15, -0.1) is 0 Å². The summed E-state index contributed by atoms with van der Waals surface area (Å²) in [6, 6.07) is 4.64. The zero-order valence-corrected chi connectivity index (χ0v) is 24.4. The maximum Gasteiger partial charge on any atom is 0.418 e. The summed E-state index contributed by atoms with van der Waals surface area (Å²) >= 11 is 0. The van der Waals surface area contributed by atoms with Gasteiger partial charge in [-0.1, -0.05) is 71.6 Å². The highest BCUT2D eigenvalue weighted by atomic mass is 19.4. The van der Waals surface area contributed by atoms with Gasteiger partial charge in [0.05, 0.1) is 5.56 Å². The Labute approximate surface area is 229 Å². The van der Waals surface area contributed by atoms with Gasteiger partial charge in [0.25, 0.3) is 0 Å². The molecule has 1 spiro atoms. The van der Waals surface area contributed by atoms with Crippen molar-refractivity contribution < 1.29 is 13.2 Å². The van der Waals surface area contributed by atoms with Gasteiger partial charge >= 0.3 is 6.18 Å². The van der Waals surface area contributed by atoms with E-state index in [-0.39, 0.29) is 5.41 Å². The number of benzene rings is 1. The maximum absolute atomic E-state index is 14.0. The van der Waals surface area contributed by atoms with Crippen molar-refractivity contribution in [2.75, 3.05) is 23.3 Å². The van der Waals surface area contributed by atoms with Crippen LogP contribution in [0, 0.1) is 11.3 Å². The van der Waals surface area contributed by atoms with Gasteiger partial charge in [-0.3, -0.25) is 0 Å². The second kappa shape index (κ2) is 13.9. The molecule has 2 aliphatic carbocycles. The predicted octanol–water partition coefficient (Wildman–Crippen LogP) is 10.4. The van der Waals surface area contributed by atoms with E-state index in [1.807, 2.05) is 25.7 Å². The van der Waals surface area contributed by atoms with Crippen molar-refractivity contribution in [3.05, 3.63) is 35.2 Å². The van der Waals surface area contributed by atoms with Crippen molar-refractivity contribution in [3.8, 4) is 0 Å². The summed E-state index contributed by atoms with van der Waals surface area (Å²) < 4.78 is 42.1. The Bertz CT molecular complexity index is 947. The van der Waals surface area contributed by atoms with Crippen LogP contribution in [0.5, 0.6) is 0 Å². The summed E-state index contributed by atoms with van der Waals surface area (Å²) in [5.41, 5.74) is 2.28. The van der Waals surface area contributed by atoms with Gasteiger partial charge in [-0.2, -0.15) is 13.2 Å². The molecule has 4 rings (SSSR count). The van der Waals surface area contributed by atoms with E-state index in [4.69, 9.17) is 0 Å². The van der Waals surface area contributed by atoms with Gasteiger partial charge in [0.2, 0.25) is 0 Å². The largest absolute Gasteiger partial charge is 0.418 e. The molecule has 3 aliphatic rings. The first-order valence-electron chi connectivity index (χ1n) is 15.0. The van der Waals surface area contributed by atoms with E-state index < -0.39 is 11.7 Å². The van der Waals surface area contributed by atoms with Crippen LogP contribution in [0.1, 0.15) is 124 Å². The molecule has 0 bridgehead atoms. The molecule has 0 amide bonds. The first-order valence-corrected chi connectivity index (χ1v) is 15.0. The number of nitrogens with zero attached hydrogens (tertiary/aromatic N) is 2. The molecule has 0 radical (unpaired) electrons. The van der Waals surface area contributed by atoms with Crippen LogP contribution in [0.4, 0.5) is 24.5 Å². The minimum atomic E-state index is -4.40. The van der Waals surface area contributed by atoms with Gasteiger partial charge in [0, 0.05) is 30.2 Å². The minimum Gasteiger partial charge on any atom is -0.370 e. The van der Waals surface area contributed by atoms with E-state index in [2.05, 4.69) is 24.2 Å². The molecule has 0 aromatic heterocycles. The van der Waals surface area contributed by atoms with Gasteiger partial charge in [0.15, 0.2) is 0 Å². The number of hydrogen-bond acceptors (Lipinski definition) is 3. The topological polar surface area (TPSA) is 27.6 Å². The number of rotatable bonds is 6. The number of alkyl halides is 3. The van der Waals surface area contributed by atoms with Crippen LogP contribution >= 0.6 is 0 Å². The van der Waals surface area contributed by atoms with Gasteiger partial charge in [0.1, 0.15) is 5.82 Å². The minimum absolute atomic E-state index is 0.207. The van der Waals surface area contributed by atoms with E-state index in [9.17, 15) is 13.2 Å². The second-order valence-corrected chi connectivity index (χ2v) is 12.3. The molecule has 6 heteroatoms. The van der Waals surface area contributed by atoms with Crippen LogP contribution in [0.25, 0.3) is 0 Å². The third-order valence-corrected chi connectivity index (χ3v) is 8.54. The van der Waals surface area contributed by atoms with E-state index in [0.29, 0.717) is 23.7 Å². The third kappa shape index (κ3) is 8.77. The first kappa shape index (κ1) is 30.6. The van der Waals surface area contributed by atoms with Crippen molar-refractivity contribution in [1.29, 1.82) is 0 Å². The fraction of sp³-hybridized carbons (Fsp3) is 0.719. The lowest BCUT2D eigenvalue weighted by Crippen LogP contribution is -2.30. The quantitative estimate of drug-likeness (QED) is 0.368. The molecule has 1 aromatic rings. The lowest BCUT2D eigenvalue weighted by Gasteiger charge is -2.34. The SMILES string of the molecule is CC1CCCCC1.CCC/C(C)=N\C(Nc1ccc(N2CCC3(CCCCC3)C2)c(C(F)(F)F)c1)=C(C)C. The zero-order valence-electron chi connectivity index (χ0n) is 24.4. The summed E-state index contributed by atoms with van der Waals surface area (Å²) in [5, 5.41) is 3.13. The molecular weight excluding hydrogens is 483 g/mol. The molecule has 1 aromatic carbocycles. The number of hydrogen-bond donors (Lipinski definition) is 1. The van der Waals surface area contributed by atoms with Gasteiger partial charge in [-0.05, 0) is 81.6 Å². The molecule has 214 valence electrons. The Kier molecular flexibility index (Phi) is 11.2. The summed E-state index contributed by atoms with van der Waals surface area (Å²) in [7, 11) is 0. The van der Waals surface area contributed by atoms with E-state index >= 15 is 0 Å². The predicted molar refractivity (Wildman–Crippen MR) is 156 cm³/mol. The third-order valence-electron chi connectivity index (χ3n) is 8.54. The Balaban J connectivity index is 0.000000494. The zero-order chi connectivity index (χ0) is 27.8. The summed E-state index contributed by atoms with van der Waals surface area (Å²) in [6.07, 6.45) is 11.8.